The van der Waals surface area contributed by atoms with Crippen molar-refractivity contribution in [2.24, 2.45) is 5.10 Å². The molecule has 1 N–H and O–H groups in total. The smallest absolute Gasteiger partial charge is 0.344 e. The summed E-state index contributed by atoms with van der Waals surface area (Å²) >= 11 is 3.45. The van der Waals surface area contributed by atoms with Crippen LogP contribution in [0, 0.1) is 6.92 Å². The van der Waals surface area contributed by atoms with Crippen molar-refractivity contribution in [3.8, 4) is 28.4 Å². The van der Waals surface area contributed by atoms with Crippen molar-refractivity contribution in [2.75, 3.05) is 19.8 Å². The first-order chi connectivity index (χ1) is 19.4. The Morgan fingerprint density at radius 2 is 1.70 bits per heavy atom. The van der Waals surface area contributed by atoms with E-state index in [-0.39, 0.29) is 19.1 Å². The standard InChI is InChI=1S/C31H30BrN3O5/c1-4-38-28-18-22(17-26(32)30(28)40-20-29(36)39-5-2)19-33-34-31(37)24-12-14-25(15-13-24)35-21(3)11-16-27(35)23-9-7-6-8-10-23/h6-19H,4-5,20H2,1-3H3,(H,34,37)/b33-19+. The predicted molar refractivity (Wildman–Crippen MR) is 158 cm³/mol. The molecule has 0 atom stereocenters. The molecule has 0 aliphatic carbocycles. The van der Waals surface area contributed by atoms with Crippen LogP contribution in [-0.4, -0.2) is 42.5 Å². The number of halogens is 1. The molecule has 4 aromatic rings. The monoisotopic (exact) mass is 603 g/mol. The van der Waals surface area contributed by atoms with Crippen LogP contribution in [0.15, 0.2) is 88.4 Å². The van der Waals surface area contributed by atoms with Crippen molar-refractivity contribution in [1.82, 2.24) is 9.99 Å². The molecular formula is C31H30BrN3O5. The number of esters is 1. The third-order valence-electron chi connectivity index (χ3n) is 5.88. The van der Waals surface area contributed by atoms with E-state index in [1.807, 2.05) is 37.3 Å². The SMILES string of the molecule is CCOC(=O)COc1c(Br)cc(/C=N/NC(=O)c2ccc(-n3c(C)ccc3-c3ccccc3)cc2)cc1OCC. The molecule has 0 radical (unpaired) electrons. The van der Waals surface area contributed by atoms with Gasteiger partial charge in [0.15, 0.2) is 18.1 Å². The van der Waals surface area contributed by atoms with Gasteiger partial charge in [-0.3, -0.25) is 4.79 Å². The lowest BCUT2D eigenvalue weighted by molar-refractivity contribution is -0.145. The second-order valence-corrected chi connectivity index (χ2v) is 9.52. The Hall–Kier alpha value is -4.37. The zero-order valence-electron chi connectivity index (χ0n) is 22.5. The number of nitrogens with one attached hydrogen (secondary N) is 1. The number of nitrogens with zero attached hydrogens (tertiary/aromatic N) is 2. The van der Waals surface area contributed by atoms with Crippen LogP contribution in [0.5, 0.6) is 11.5 Å². The first-order valence-corrected chi connectivity index (χ1v) is 13.6. The van der Waals surface area contributed by atoms with E-state index in [0.717, 1.165) is 22.6 Å². The zero-order chi connectivity index (χ0) is 28.5. The van der Waals surface area contributed by atoms with E-state index in [9.17, 15) is 9.59 Å². The molecule has 0 bridgehead atoms. The average molecular weight is 605 g/mol. The Kier molecular flexibility index (Phi) is 9.75. The van der Waals surface area contributed by atoms with E-state index in [1.54, 1.807) is 31.2 Å². The Bertz CT molecular complexity index is 1500. The van der Waals surface area contributed by atoms with E-state index in [2.05, 4.69) is 62.2 Å². The van der Waals surface area contributed by atoms with Gasteiger partial charge in [0.05, 0.1) is 29.6 Å². The summed E-state index contributed by atoms with van der Waals surface area (Å²) in [6.07, 6.45) is 1.50. The van der Waals surface area contributed by atoms with Crippen LogP contribution in [0.4, 0.5) is 0 Å². The highest BCUT2D eigenvalue weighted by molar-refractivity contribution is 9.10. The molecule has 0 aliphatic heterocycles. The molecule has 0 unspecified atom stereocenters. The van der Waals surface area contributed by atoms with E-state index >= 15 is 0 Å². The molecule has 0 aliphatic rings. The maximum Gasteiger partial charge on any atom is 0.344 e. The molecule has 0 saturated heterocycles. The fraction of sp³-hybridized carbons (Fsp3) is 0.194. The largest absolute Gasteiger partial charge is 0.490 e. The number of hydrazone groups is 1. The summed E-state index contributed by atoms with van der Waals surface area (Å²) in [6, 6.07) is 25.2. The number of hydrogen-bond donors (Lipinski definition) is 1. The lowest BCUT2D eigenvalue weighted by Gasteiger charge is -2.14. The van der Waals surface area contributed by atoms with Gasteiger partial charge in [-0.1, -0.05) is 30.3 Å². The van der Waals surface area contributed by atoms with Crippen LogP contribution < -0.4 is 14.9 Å². The summed E-state index contributed by atoms with van der Waals surface area (Å²) in [5.41, 5.74) is 7.95. The van der Waals surface area contributed by atoms with Gasteiger partial charge in [-0.25, -0.2) is 10.2 Å². The minimum absolute atomic E-state index is 0.244. The highest BCUT2D eigenvalue weighted by Crippen LogP contribution is 2.36. The maximum atomic E-state index is 12.8. The topological polar surface area (TPSA) is 91.2 Å². The number of carbonyl (C=O) groups is 2. The number of amides is 1. The quantitative estimate of drug-likeness (QED) is 0.123. The highest BCUT2D eigenvalue weighted by atomic mass is 79.9. The van der Waals surface area contributed by atoms with Crippen molar-refractivity contribution in [3.63, 3.8) is 0 Å². The fourth-order valence-corrected chi connectivity index (χ4v) is 4.68. The van der Waals surface area contributed by atoms with Crippen molar-refractivity contribution in [3.05, 3.63) is 100 Å². The molecular weight excluding hydrogens is 574 g/mol. The summed E-state index contributed by atoms with van der Waals surface area (Å²) in [7, 11) is 0. The summed E-state index contributed by atoms with van der Waals surface area (Å²) in [6.45, 7) is 6.05. The van der Waals surface area contributed by atoms with Crippen molar-refractivity contribution >= 4 is 34.0 Å². The first-order valence-electron chi connectivity index (χ1n) is 12.8. The molecule has 0 saturated carbocycles. The van der Waals surface area contributed by atoms with Crippen LogP contribution in [0.25, 0.3) is 16.9 Å². The molecule has 206 valence electrons. The van der Waals surface area contributed by atoms with Crippen molar-refractivity contribution in [2.45, 2.75) is 20.8 Å². The lowest BCUT2D eigenvalue weighted by atomic mass is 10.1. The second-order valence-electron chi connectivity index (χ2n) is 8.66. The third kappa shape index (κ3) is 6.98. The Labute approximate surface area is 241 Å². The number of aryl methyl sites for hydroxylation is 1. The van der Waals surface area contributed by atoms with E-state index in [1.165, 1.54) is 6.21 Å². The van der Waals surface area contributed by atoms with Crippen molar-refractivity contribution in [1.29, 1.82) is 0 Å². The summed E-state index contributed by atoms with van der Waals surface area (Å²) in [5.74, 6) is -0.00333. The lowest BCUT2D eigenvalue weighted by Crippen LogP contribution is -2.17. The highest BCUT2D eigenvalue weighted by Gasteiger charge is 2.15. The van der Waals surface area contributed by atoms with Gasteiger partial charge >= 0.3 is 5.97 Å². The first kappa shape index (κ1) is 28.6. The molecule has 40 heavy (non-hydrogen) atoms. The summed E-state index contributed by atoms with van der Waals surface area (Å²) in [5, 5.41) is 4.11. The predicted octanol–water partition coefficient (Wildman–Crippen LogP) is 6.32. The number of rotatable bonds is 11. The third-order valence-corrected chi connectivity index (χ3v) is 6.47. The Morgan fingerprint density at radius 1 is 0.950 bits per heavy atom. The molecule has 3 aromatic carbocycles. The molecule has 1 aromatic heterocycles. The molecule has 9 heteroatoms. The summed E-state index contributed by atoms with van der Waals surface area (Å²) in [4.78, 5) is 24.4. The number of aromatic nitrogens is 1. The number of ether oxygens (including phenoxy) is 3. The van der Waals surface area contributed by atoms with Gasteiger partial charge in [-0.2, -0.15) is 5.10 Å². The number of benzene rings is 3. The minimum Gasteiger partial charge on any atom is -0.490 e. The zero-order valence-corrected chi connectivity index (χ0v) is 24.1. The Morgan fingerprint density at radius 3 is 2.40 bits per heavy atom. The molecule has 4 rings (SSSR count). The van der Waals surface area contributed by atoms with Crippen LogP contribution in [0.2, 0.25) is 0 Å². The van der Waals surface area contributed by atoms with Gasteiger partial charge in [0.2, 0.25) is 0 Å². The van der Waals surface area contributed by atoms with Gasteiger partial charge in [0.1, 0.15) is 0 Å². The van der Waals surface area contributed by atoms with E-state index in [0.29, 0.717) is 33.7 Å². The van der Waals surface area contributed by atoms with E-state index in [4.69, 9.17) is 14.2 Å². The molecule has 0 spiro atoms. The number of hydrogen-bond acceptors (Lipinski definition) is 6. The molecule has 1 amide bonds. The Balaban J connectivity index is 1.44. The fourth-order valence-electron chi connectivity index (χ4n) is 4.11. The van der Waals surface area contributed by atoms with Gasteiger partial charge in [-0.15, -0.1) is 0 Å². The van der Waals surface area contributed by atoms with Crippen LogP contribution in [0.3, 0.4) is 0 Å². The molecule has 0 fully saturated rings. The van der Waals surface area contributed by atoms with Gasteiger partial charge in [0, 0.05) is 16.9 Å². The second kappa shape index (κ2) is 13.6. The average Bonchev–Trinajstić information content (AvgIpc) is 3.34. The minimum atomic E-state index is -0.474. The van der Waals surface area contributed by atoms with Crippen molar-refractivity contribution < 1.29 is 23.8 Å². The number of carbonyl (C=O) groups excluding carboxylic acids is 2. The van der Waals surface area contributed by atoms with Crippen LogP contribution in [-0.2, 0) is 9.53 Å². The summed E-state index contributed by atoms with van der Waals surface area (Å²) < 4.78 is 18.9. The van der Waals surface area contributed by atoms with Gasteiger partial charge in [0.25, 0.3) is 5.91 Å². The molecule has 1 heterocycles. The van der Waals surface area contributed by atoms with Crippen LogP contribution >= 0.6 is 15.9 Å². The molecule has 8 nitrogen and oxygen atoms in total. The maximum absolute atomic E-state index is 12.8. The van der Waals surface area contributed by atoms with Gasteiger partial charge in [-0.05, 0) is 96.4 Å². The normalized spacial score (nSPS) is 10.9. The van der Waals surface area contributed by atoms with Gasteiger partial charge < -0.3 is 18.8 Å². The van der Waals surface area contributed by atoms with E-state index < -0.39 is 5.97 Å². The van der Waals surface area contributed by atoms with Crippen LogP contribution in [0.1, 0.15) is 35.5 Å².